The molecule has 0 radical (unpaired) electrons. The van der Waals surface area contributed by atoms with Crippen molar-refractivity contribution >= 4 is 29.1 Å². The number of carbonyl (C=O) groups is 1. The van der Waals surface area contributed by atoms with E-state index in [1.165, 1.54) is 13.2 Å². The quantitative estimate of drug-likeness (QED) is 0.460. The summed E-state index contributed by atoms with van der Waals surface area (Å²) in [6, 6.07) is 1.20. The Morgan fingerprint density at radius 2 is 2.33 bits per heavy atom. The number of carbonyl (C=O) groups excluding carboxylic acids is 1. The van der Waals surface area contributed by atoms with Crippen LogP contribution >= 0.6 is 11.6 Å². The average Bonchev–Trinajstić information content (AvgIpc) is 2.35. The lowest BCUT2D eigenvalue weighted by Crippen LogP contribution is -2.31. The molecule has 0 atom stereocenters. The van der Waals surface area contributed by atoms with Crippen LogP contribution in [0.25, 0.3) is 0 Å². The molecule has 7 nitrogen and oxygen atoms in total. The van der Waals surface area contributed by atoms with Gasteiger partial charge in [0.15, 0.2) is 0 Å². The fraction of sp³-hybridized carbons (Fsp3) is 0.400. The number of nitrogens with zero attached hydrogens (tertiary/aromatic N) is 3. The Morgan fingerprint density at radius 3 is 2.78 bits per heavy atom. The molecule has 1 rings (SSSR count). The van der Waals surface area contributed by atoms with Gasteiger partial charge in [0.05, 0.1) is 17.1 Å². The molecule has 0 bridgehead atoms. The molecule has 0 amide bonds. The van der Waals surface area contributed by atoms with Crippen LogP contribution in [0.4, 0.5) is 11.5 Å². The summed E-state index contributed by atoms with van der Waals surface area (Å²) in [6.07, 6.45) is 1.10. The van der Waals surface area contributed by atoms with Gasteiger partial charge in [0.2, 0.25) is 0 Å². The van der Waals surface area contributed by atoms with E-state index in [0.717, 1.165) is 6.20 Å². The normalized spacial score (nSPS) is 9.94. The molecular weight excluding hydrogens is 262 g/mol. The number of methoxy groups -OCH3 is 1. The van der Waals surface area contributed by atoms with E-state index < -0.39 is 10.9 Å². The largest absolute Gasteiger partial charge is 0.468 e. The van der Waals surface area contributed by atoms with Gasteiger partial charge in [-0.05, 0) is 6.92 Å². The lowest BCUT2D eigenvalue weighted by Gasteiger charge is -2.21. The Morgan fingerprint density at radius 1 is 1.67 bits per heavy atom. The number of rotatable bonds is 5. The van der Waals surface area contributed by atoms with Crippen LogP contribution in [-0.2, 0) is 9.53 Å². The first-order chi connectivity index (χ1) is 8.49. The highest BCUT2D eigenvalue weighted by Gasteiger charge is 2.17. The third-order valence-electron chi connectivity index (χ3n) is 2.25. The van der Waals surface area contributed by atoms with Crippen molar-refractivity contribution in [3.63, 3.8) is 0 Å². The molecule has 0 saturated heterocycles. The second-order valence-corrected chi connectivity index (χ2v) is 3.75. The van der Waals surface area contributed by atoms with E-state index >= 15 is 0 Å². The number of aromatic nitrogens is 1. The smallest absolute Gasteiger partial charge is 0.325 e. The minimum Gasteiger partial charge on any atom is -0.468 e. The molecule has 1 heterocycles. The highest BCUT2D eigenvalue weighted by atomic mass is 35.5. The number of hydrogen-bond acceptors (Lipinski definition) is 6. The minimum absolute atomic E-state index is 0.0163. The Balaban J connectivity index is 3.00. The predicted octanol–water partition coefficient (Wildman–Crippen LogP) is 1.64. The van der Waals surface area contributed by atoms with Crippen molar-refractivity contribution in [1.29, 1.82) is 0 Å². The van der Waals surface area contributed by atoms with Gasteiger partial charge < -0.3 is 9.64 Å². The molecule has 0 fully saturated rings. The monoisotopic (exact) mass is 273 g/mol. The maximum Gasteiger partial charge on any atom is 0.325 e. The number of ether oxygens (including phenoxy) is 1. The number of halogens is 1. The Bertz CT molecular complexity index is 466. The number of hydrogen-bond donors (Lipinski definition) is 0. The molecule has 8 heteroatoms. The van der Waals surface area contributed by atoms with Crippen molar-refractivity contribution in [3.8, 4) is 0 Å². The summed E-state index contributed by atoms with van der Waals surface area (Å²) in [4.78, 5) is 26.6. The van der Waals surface area contributed by atoms with E-state index in [4.69, 9.17) is 11.6 Å². The Kier molecular flexibility index (Phi) is 4.85. The van der Waals surface area contributed by atoms with Crippen LogP contribution in [0.5, 0.6) is 0 Å². The van der Waals surface area contributed by atoms with Crippen LogP contribution in [0.15, 0.2) is 12.3 Å². The van der Waals surface area contributed by atoms with Crippen LogP contribution in [0.3, 0.4) is 0 Å². The van der Waals surface area contributed by atoms with Gasteiger partial charge in [-0.3, -0.25) is 14.9 Å². The molecule has 0 aliphatic rings. The summed E-state index contributed by atoms with van der Waals surface area (Å²) in [5.74, 6) is -0.122. The molecule has 0 aliphatic carbocycles. The lowest BCUT2D eigenvalue weighted by atomic mass is 10.3. The van der Waals surface area contributed by atoms with E-state index in [1.807, 2.05) is 6.92 Å². The number of likely N-dealkylation sites (N-methyl/N-ethyl adjacent to an activating group) is 1. The molecule has 1 aromatic heterocycles. The van der Waals surface area contributed by atoms with Crippen LogP contribution in [0.2, 0.25) is 5.02 Å². The van der Waals surface area contributed by atoms with Gasteiger partial charge in [-0.1, -0.05) is 11.6 Å². The van der Waals surface area contributed by atoms with Crippen LogP contribution in [0.1, 0.15) is 6.92 Å². The fourth-order valence-corrected chi connectivity index (χ4v) is 1.59. The fourth-order valence-electron chi connectivity index (χ4n) is 1.31. The van der Waals surface area contributed by atoms with Gasteiger partial charge in [-0.15, -0.1) is 0 Å². The molecular formula is C10H12ClN3O4. The minimum atomic E-state index is -0.584. The molecule has 0 aromatic carbocycles. The van der Waals surface area contributed by atoms with Gasteiger partial charge in [-0.25, -0.2) is 4.98 Å². The number of nitro groups is 1. The molecule has 0 aliphatic heterocycles. The van der Waals surface area contributed by atoms with Crippen LogP contribution in [-0.4, -0.2) is 36.1 Å². The first kappa shape index (κ1) is 14.2. The Hall–Kier alpha value is -1.89. The number of anilines is 1. The van der Waals surface area contributed by atoms with Gasteiger partial charge in [0.25, 0.3) is 5.69 Å². The third-order valence-corrected chi connectivity index (χ3v) is 2.53. The molecule has 1 aromatic rings. The van der Waals surface area contributed by atoms with Gasteiger partial charge >= 0.3 is 5.97 Å². The van der Waals surface area contributed by atoms with Gasteiger partial charge in [-0.2, -0.15) is 0 Å². The maximum atomic E-state index is 11.2. The van der Waals surface area contributed by atoms with Crippen molar-refractivity contribution in [3.05, 3.63) is 27.4 Å². The van der Waals surface area contributed by atoms with Gasteiger partial charge in [0, 0.05) is 12.6 Å². The molecule has 18 heavy (non-hydrogen) atoms. The summed E-state index contributed by atoms with van der Waals surface area (Å²) in [5, 5.41) is 10.7. The number of pyridine rings is 1. The van der Waals surface area contributed by atoms with Crippen molar-refractivity contribution in [1.82, 2.24) is 4.98 Å². The van der Waals surface area contributed by atoms with E-state index in [1.54, 1.807) is 4.90 Å². The van der Waals surface area contributed by atoms with Crippen molar-refractivity contribution in [2.45, 2.75) is 6.92 Å². The first-order valence-corrected chi connectivity index (χ1v) is 5.49. The van der Waals surface area contributed by atoms with Crippen molar-refractivity contribution < 1.29 is 14.5 Å². The van der Waals surface area contributed by atoms with Crippen molar-refractivity contribution in [2.24, 2.45) is 0 Å². The lowest BCUT2D eigenvalue weighted by molar-refractivity contribution is -0.385. The summed E-state index contributed by atoms with van der Waals surface area (Å²) < 4.78 is 4.55. The Labute approximate surface area is 108 Å². The molecule has 98 valence electrons. The number of esters is 1. The second kappa shape index (κ2) is 6.15. The zero-order valence-corrected chi connectivity index (χ0v) is 10.7. The summed E-state index contributed by atoms with van der Waals surface area (Å²) in [5.41, 5.74) is -0.196. The van der Waals surface area contributed by atoms with E-state index in [-0.39, 0.29) is 17.3 Å². The van der Waals surface area contributed by atoms with Crippen molar-refractivity contribution in [2.75, 3.05) is 25.1 Å². The van der Waals surface area contributed by atoms with Gasteiger partial charge in [0.1, 0.15) is 18.6 Å². The maximum absolute atomic E-state index is 11.2. The standard InChI is InChI=1S/C10H12ClN3O4/c1-3-13(6-9(15)18-2)10-8(11)4-7(5-12-10)14(16)17/h4-5H,3,6H2,1-2H3. The summed E-state index contributed by atoms with van der Waals surface area (Å²) in [6.45, 7) is 2.26. The molecule has 0 N–H and O–H groups in total. The molecule has 0 unspecified atom stereocenters. The zero-order chi connectivity index (χ0) is 13.7. The first-order valence-electron chi connectivity index (χ1n) is 5.11. The third kappa shape index (κ3) is 3.30. The predicted molar refractivity (Wildman–Crippen MR) is 65.8 cm³/mol. The highest BCUT2D eigenvalue weighted by Crippen LogP contribution is 2.26. The van der Waals surface area contributed by atoms with E-state index in [2.05, 4.69) is 9.72 Å². The summed E-state index contributed by atoms with van der Waals surface area (Å²) in [7, 11) is 1.28. The molecule has 0 spiro atoms. The SMILES string of the molecule is CCN(CC(=O)OC)c1ncc([N+](=O)[O-])cc1Cl. The van der Waals surface area contributed by atoms with Crippen LogP contribution in [0, 0.1) is 10.1 Å². The zero-order valence-electron chi connectivity index (χ0n) is 9.92. The van der Waals surface area contributed by atoms with E-state index in [0.29, 0.717) is 12.4 Å². The highest BCUT2D eigenvalue weighted by molar-refractivity contribution is 6.33. The topological polar surface area (TPSA) is 85.6 Å². The van der Waals surface area contributed by atoms with E-state index in [9.17, 15) is 14.9 Å². The van der Waals surface area contributed by atoms with Crippen LogP contribution < -0.4 is 4.90 Å². The second-order valence-electron chi connectivity index (χ2n) is 3.35. The molecule has 0 saturated carbocycles. The summed E-state index contributed by atoms with van der Waals surface area (Å²) >= 11 is 5.91. The average molecular weight is 274 g/mol.